The van der Waals surface area contributed by atoms with E-state index in [9.17, 15) is 14.0 Å². The van der Waals surface area contributed by atoms with Crippen LogP contribution >= 0.6 is 11.6 Å². The SMILES string of the molecule is CCN1C(=O)c2c3c(nn2CCC12CC2)CCN(C(=O)Nc1ccc(F)c(Cl)c1)C3. The highest BCUT2D eigenvalue weighted by Gasteiger charge is 2.52. The van der Waals surface area contributed by atoms with E-state index in [1.807, 2.05) is 16.5 Å². The highest BCUT2D eigenvalue weighted by molar-refractivity contribution is 6.31. The quantitative estimate of drug-likeness (QED) is 0.788. The molecule has 1 fully saturated rings. The number of hydrogen-bond acceptors (Lipinski definition) is 3. The Morgan fingerprint density at radius 1 is 1.30 bits per heavy atom. The van der Waals surface area contributed by atoms with Crippen LogP contribution < -0.4 is 5.32 Å². The Kier molecular flexibility index (Phi) is 4.50. The van der Waals surface area contributed by atoms with Crippen LogP contribution in [-0.4, -0.2) is 50.1 Å². The number of anilines is 1. The van der Waals surface area contributed by atoms with Crippen molar-refractivity contribution in [2.75, 3.05) is 18.4 Å². The number of amides is 3. The minimum absolute atomic E-state index is 0.00695. The van der Waals surface area contributed by atoms with E-state index >= 15 is 0 Å². The normalized spacial score (nSPS) is 19.4. The summed E-state index contributed by atoms with van der Waals surface area (Å²) >= 11 is 5.81. The van der Waals surface area contributed by atoms with Crippen molar-refractivity contribution in [2.45, 2.75) is 51.2 Å². The van der Waals surface area contributed by atoms with Crippen LogP contribution in [0.5, 0.6) is 0 Å². The molecule has 158 valence electrons. The van der Waals surface area contributed by atoms with Crippen molar-refractivity contribution >= 4 is 29.2 Å². The fraction of sp³-hybridized carbons (Fsp3) is 0.476. The number of nitrogens with one attached hydrogen (secondary N) is 1. The molecule has 2 aromatic rings. The Bertz CT molecular complexity index is 1050. The molecule has 1 spiro atoms. The molecule has 5 rings (SSSR count). The fourth-order valence-corrected chi connectivity index (χ4v) is 4.89. The van der Waals surface area contributed by atoms with E-state index in [2.05, 4.69) is 5.32 Å². The summed E-state index contributed by atoms with van der Waals surface area (Å²) in [5, 5.41) is 7.43. The van der Waals surface area contributed by atoms with E-state index in [4.69, 9.17) is 16.7 Å². The second-order valence-electron chi connectivity index (χ2n) is 8.25. The average Bonchev–Trinajstić information content (AvgIpc) is 3.43. The van der Waals surface area contributed by atoms with Crippen molar-refractivity contribution in [3.05, 3.63) is 46.0 Å². The van der Waals surface area contributed by atoms with Gasteiger partial charge in [0.2, 0.25) is 0 Å². The minimum Gasteiger partial charge on any atom is -0.332 e. The first-order valence-corrected chi connectivity index (χ1v) is 10.7. The number of nitrogens with zero attached hydrogens (tertiary/aromatic N) is 4. The average molecular weight is 432 g/mol. The van der Waals surface area contributed by atoms with Crippen LogP contribution in [0.1, 0.15) is 47.9 Å². The molecule has 9 heteroatoms. The van der Waals surface area contributed by atoms with Gasteiger partial charge in [-0.25, -0.2) is 9.18 Å². The number of halogens is 2. The molecule has 1 saturated carbocycles. The first-order valence-electron chi connectivity index (χ1n) is 10.3. The van der Waals surface area contributed by atoms with Crippen molar-refractivity contribution in [3.8, 4) is 0 Å². The zero-order valence-corrected chi connectivity index (χ0v) is 17.5. The van der Waals surface area contributed by atoms with Crippen molar-refractivity contribution in [1.29, 1.82) is 0 Å². The zero-order valence-electron chi connectivity index (χ0n) is 16.8. The predicted octanol–water partition coefficient (Wildman–Crippen LogP) is 3.66. The van der Waals surface area contributed by atoms with Gasteiger partial charge >= 0.3 is 6.03 Å². The smallest absolute Gasteiger partial charge is 0.322 e. The number of aromatic nitrogens is 2. The maximum Gasteiger partial charge on any atom is 0.322 e. The molecule has 1 N–H and O–H groups in total. The van der Waals surface area contributed by atoms with Gasteiger partial charge in [0.1, 0.15) is 11.5 Å². The third-order valence-electron chi connectivity index (χ3n) is 6.51. The summed E-state index contributed by atoms with van der Waals surface area (Å²) in [6.45, 7) is 4.24. The summed E-state index contributed by atoms with van der Waals surface area (Å²) in [5.41, 5.74) is 2.78. The monoisotopic (exact) mass is 431 g/mol. The number of carbonyl (C=O) groups is 2. The van der Waals surface area contributed by atoms with Crippen molar-refractivity contribution < 1.29 is 14.0 Å². The van der Waals surface area contributed by atoms with Gasteiger partial charge in [-0.1, -0.05) is 11.6 Å². The van der Waals surface area contributed by atoms with Gasteiger partial charge in [0, 0.05) is 42.8 Å². The van der Waals surface area contributed by atoms with Crippen LogP contribution in [0.4, 0.5) is 14.9 Å². The van der Waals surface area contributed by atoms with Crippen molar-refractivity contribution in [2.24, 2.45) is 0 Å². The van der Waals surface area contributed by atoms with E-state index in [0.29, 0.717) is 37.4 Å². The fourth-order valence-electron chi connectivity index (χ4n) is 4.71. The van der Waals surface area contributed by atoms with Crippen LogP contribution in [0, 0.1) is 5.82 Å². The van der Waals surface area contributed by atoms with Crippen LogP contribution in [0.2, 0.25) is 5.02 Å². The van der Waals surface area contributed by atoms with Gasteiger partial charge in [0.15, 0.2) is 0 Å². The molecule has 2 aliphatic heterocycles. The maximum absolute atomic E-state index is 13.4. The minimum atomic E-state index is -0.535. The molecular weight excluding hydrogens is 409 g/mol. The lowest BCUT2D eigenvalue weighted by molar-refractivity contribution is 0.0660. The molecule has 7 nitrogen and oxygen atoms in total. The number of urea groups is 1. The van der Waals surface area contributed by atoms with Gasteiger partial charge in [-0.05, 0) is 44.4 Å². The van der Waals surface area contributed by atoms with Gasteiger partial charge in [-0.3, -0.25) is 9.48 Å². The van der Waals surface area contributed by atoms with Crippen LogP contribution in [0.3, 0.4) is 0 Å². The topological polar surface area (TPSA) is 70.5 Å². The van der Waals surface area contributed by atoms with E-state index in [1.54, 1.807) is 4.90 Å². The molecular formula is C21H23ClFN5O2. The molecule has 0 saturated heterocycles. The predicted molar refractivity (Wildman–Crippen MR) is 110 cm³/mol. The first-order chi connectivity index (χ1) is 14.4. The van der Waals surface area contributed by atoms with Gasteiger partial charge in [0.25, 0.3) is 5.91 Å². The molecule has 0 atom stereocenters. The Morgan fingerprint density at radius 3 is 2.80 bits per heavy atom. The van der Waals surface area contributed by atoms with Gasteiger partial charge in [-0.15, -0.1) is 0 Å². The molecule has 1 aliphatic carbocycles. The summed E-state index contributed by atoms with van der Waals surface area (Å²) < 4.78 is 15.2. The largest absolute Gasteiger partial charge is 0.332 e. The zero-order chi connectivity index (χ0) is 21.0. The van der Waals surface area contributed by atoms with Crippen molar-refractivity contribution in [1.82, 2.24) is 19.6 Å². The second-order valence-corrected chi connectivity index (χ2v) is 8.66. The van der Waals surface area contributed by atoms with Gasteiger partial charge in [0.05, 0.1) is 17.3 Å². The molecule has 1 aromatic heterocycles. The molecule has 1 aromatic carbocycles. The van der Waals surface area contributed by atoms with E-state index in [0.717, 1.165) is 37.1 Å². The Labute approximate surface area is 178 Å². The Morgan fingerprint density at radius 2 is 2.10 bits per heavy atom. The summed E-state index contributed by atoms with van der Waals surface area (Å²) in [5.74, 6) is -0.513. The number of aryl methyl sites for hydroxylation is 1. The van der Waals surface area contributed by atoms with E-state index in [1.165, 1.54) is 18.2 Å². The summed E-state index contributed by atoms with van der Waals surface area (Å²) in [7, 11) is 0. The number of benzene rings is 1. The molecule has 0 radical (unpaired) electrons. The van der Waals surface area contributed by atoms with Gasteiger partial charge < -0.3 is 15.1 Å². The Hall–Kier alpha value is -2.61. The van der Waals surface area contributed by atoms with Crippen LogP contribution in [0.15, 0.2) is 18.2 Å². The molecule has 30 heavy (non-hydrogen) atoms. The molecule has 3 amide bonds. The van der Waals surface area contributed by atoms with E-state index < -0.39 is 5.82 Å². The highest BCUT2D eigenvalue weighted by Crippen LogP contribution is 2.47. The summed E-state index contributed by atoms with van der Waals surface area (Å²) in [6.07, 6.45) is 3.62. The lowest BCUT2D eigenvalue weighted by Crippen LogP contribution is -2.42. The third-order valence-corrected chi connectivity index (χ3v) is 6.80. The summed E-state index contributed by atoms with van der Waals surface area (Å²) in [6, 6.07) is 3.76. The number of fused-ring (bicyclic) bond motifs is 3. The second kappa shape index (κ2) is 6.97. The number of hydrogen-bond donors (Lipinski definition) is 1. The molecule has 0 bridgehead atoms. The summed E-state index contributed by atoms with van der Waals surface area (Å²) in [4.78, 5) is 29.8. The number of rotatable bonds is 2. The molecule has 3 aliphatic rings. The van der Waals surface area contributed by atoms with Crippen LogP contribution in [0.25, 0.3) is 0 Å². The lowest BCUT2D eigenvalue weighted by atomic mass is 10.0. The first kappa shape index (κ1) is 19.4. The Balaban J connectivity index is 1.39. The molecule has 3 heterocycles. The highest BCUT2D eigenvalue weighted by atomic mass is 35.5. The lowest BCUT2D eigenvalue weighted by Gasteiger charge is -2.30. The van der Waals surface area contributed by atoms with Crippen molar-refractivity contribution in [3.63, 3.8) is 0 Å². The standard InChI is InChI=1S/C21H23ClFN5O2/c1-2-27-19(29)18-14-12-26(20(30)24-13-3-4-16(23)15(22)11-13)9-5-17(14)25-28(18)10-8-21(27)6-7-21/h3-4,11H,2,5-10,12H2,1H3,(H,24,30). The van der Waals surface area contributed by atoms with Crippen LogP contribution in [-0.2, 0) is 19.5 Å². The van der Waals surface area contributed by atoms with E-state index in [-0.39, 0.29) is 22.5 Å². The molecule has 0 unspecified atom stereocenters. The maximum atomic E-state index is 13.4. The number of carbonyl (C=O) groups excluding carboxylic acids is 2. The van der Waals surface area contributed by atoms with Gasteiger partial charge in [-0.2, -0.15) is 5.10 Å². The third kappa shape index (κ3) is 3.05.